The van der Waals surface area contributed by atoms with E-state index in [1.807, 2.05) is 30.3 Å². The first kappa shape index (κ1) is 19.4. The van der Waals surface area contributed by atoms with Gasteiger partial charge in [0.25, 0.3) is 0 Å². The van der Waals surface area contributed by atoms with E-state index in [1.54, 1.807) is 30.0 Å². The molecule has 3 N–H and O–H groups in total. The maximum atomic E-state index is 6.48. The van der Waals surface area contributed by atoms with Crippen molar-refractivity contribution in [3.63, 3.8) is 0 Å². The summed E-state index contributed by atoms with van der Waals surface area (Å²) in [6, 6.07) is 14.9. The molecule has 0 bridgehead atoms. The van der Waals surface area contributed by atoms with Gasteiger partial charge < -0.3 is 15.8 Å². The summed E-state index contributed by atoms with van der Waals surface area (Å²) in [5.74, 6) is 0.840. The number of nitrogen functional groups attached to an aromatic ring is 1. The van der Waals surface area contributed by atoms with E-state index in [0.29, 0.717) is 57.4 Å². The van der Waals surface area contributed by atoms with Gasteiger partial charge >= 0.3 is 0 Å². The molecular formula is C20H18Cl2N6O. The van der Waals surface area contributed by atoms with E-state index < -0.39 is 0 Å². The zero-order valence-electron chi connectivity index (χ0n) is 15.6. The number of hydrogen-bond acceptors (Lipinski definition) is 6. The van der Waals surface area contributed by atoms with Crippen molar-refractivity contribution in [2.45, 2.75) is 0 Å². The maximum Gasteiger partial charge on any atom is 0.225 e. The normalized spacial score (nSPS) is 11.1. The number of rotatable bonds is 6. The van der Waals surface area contributed by atoms with Crippen LogP contribution in [0.2, 0.25) is 10.0 Å². The summed E-state index contributed by atoms with van der Waals surface area (Å²) in [7, 11) is 1.64. The Morgan fingerprint density at radius 2 is 1.90 bits per heavy atom. The monoisotopic (exact) mass is 428 g/mol. The Balaban J connectivity index is 1.92. The van der Waals surface area contributed by atoms with E-state index in [9.17, 15) is 0 Å². The lowest BCUT2D eigenvalue weighted by molar-refractivity contribution is 0.210. The molecule has 2 aromatic carbocycles. The highest BCUT2D eigenvalue weighted by atomic mass is 35.5. The molecule has 4 rings (SSSR count). The molecule has 2 aromatic heterocycles. The second-order valence-electron chi connectivity index (χ2n) is 6.27. The van der Waals surface area contributed by atoms with Crippen LogP contribution in [0.25, 0.3) is 28.0 Å². The smallest absolute Gasteiger partial charge is 0.225 e. The Bertz CT molecular complexity index is 1160. The summed E-state index contributed by atoms with van der Waals surface area (Å²) in [6.45, 7) is 1.09. The number of benzene rings is 2. The Labute approximate surface area is 177 Å². The van der Waals surface area contributed by atoms with Crippen molar-refractivity contribution in [2.24, 2.45) is 0 Å². The molecule has 0 unspecified atom stereocenters. The molecule has 0 radical (unpaired) electrons. The Kier molecular flexibility index (Phi) is 5.53. The molecule has 7 nitrogen and oxygen atoms in total. The van der Waals surface area contributed by atoms with Gasteiger partial charge in [-0.1, -0.05) is 53.5 Å². The molecule has 0 spiro atoms. The SMILES string of the molecule is COCCNc1nc(-c2ccccc2)c2c(N)n(-c3ccc(Cl)cc3Cl)nc2n1. The quantitative estimate of drug-likeness (QED) is 0.441. The minimum Gasteiger partial charge on any atom is -0.383 e. The summed E-state index contributed by atoms with van der Waals surface area (Å²) in [4.78, 5) is 9.21. The standard InChI is InChI=1S/C20H18Cl2N6O/c1-29-10-9-24-20-25-17(12-5-3-2-4-6-12)16-18(23)28(27-19(16)26-20)15-8-7-13(21)11-14(15)22/h2-8,11H,9-10,23H2,1H3,(H,24,26,27). The average Bonchev–Trinajstić information content (AvgIpc) is 3.04. The molecule has 0 atom stereocenters. The van der Waals surface area contributed by atoms with Crippen molar-refractivity contribution in [3.8, 4) is 16.9 Å². The molecule has 9 heteroatoms. The van der Waals surface area contributed by atoms with Crippen LogP contribution in [0.1, 0.15) is 0 Å². The summed E-state index contributed by atoms with van der Waals surface area (Å²) in [5, 5.41) is 9.36. The van der Waals surface area contributed by atoms with Crippen LogP contribution in [0.5, 0.6) is 0 Å². The van der Waals surface area contributed by atoms with Gasteiger partial charge in [0, 0.05) is 24.2 Å². The maximum absolute atomic E-state index is 6.48. The predicted molar refractivity (Wildman–Crippen MR) is 117 cm³/mol. The van der Waals surface area contributed by atoms with Gasteiger partial charge in [0.05, 0.1) is 28.4 Å². The van der Waals surface area contributed by atoms with E-state index in [2.05, 4.69) is 20.4 Å². The molecule has 0 amide bonds. The van der Waals surface area contributed by atoms with E-state index in [-0.39, 0.29) is 0 Å². The third kappa shape index (κ3) is 3.85. The fourth-order valence-corrected chi connectivity index (χ4v) is 3.49. The molecule has 29 heavy (non-hydrogen) atoms. The lowest BCUT2D eigenvalue weighted by Crippen LogP contribution is -2.10. The topological polar surface area (TPSA) is 90.9 Å². The number of nitrogens with two attached hydrogens (primary N) is 1. The number of halogens is 2. The highest BCUT2D eigenvalue weighted by molar-refractivity contribution is 6.35. The van der Waals surface area contributed by atoms with Crippen LogP contribution in [0, 0.1) is 0 Å². The molecule has 0 aliphatic heterocycles. The van der Waals surface area contributed by atoms with Crippen LogP contribution in [-0.2, 0) is 4.74 Å². The highest BCUT2D eigenvalue weighted by Crippen LogP contribution is 2.34. The van der Waals surface area contributed by atoms with Crippen LogP contribution in [0.4, 0.5) is 11.8 Å². The predicted octanol–water partition coefficient (Wildman–Crippen LogP) is 4.43. The zero-order chi connectivity index (χ0) is 20.4. The van der Waals surface area contributed by atoms with Crippen molar-refractivity contribution in [1.82, 2.24) is 19.7 Å². The van der Waals surface area contributed by atoms with Crippen LogP contribution in [-0.4, -0.2) is 40.0 Å². The first-order chi connectivity index (χ1) is 14.1. The van der Waals surface area contributed by atoms with E-state index in [1.165, 1.54) is 0 Å². The molecule has 0 aliphatic carbocycles. The Hall–Kier alpha value is -2.87. The molecule has 2 heterocycles. The minimum absolute atomic E-state index is 0.395. The van der Waals surface area contributed by atoms with Crippen molar-refractivity contribution >= 4 is 46.0 Å². The van der Waals surface area contributed by atoms with Crippen molar-refractivity contribution < 1.29 is 4.74 Å². The fraction of sp³-hybridized carbons (Fsp3) is 0.150. The summed E-state index contributed by atoms with van der Waals surface area (Å²) >= 11 is 12.4. The van der Waals surface area contributed by atoms with Gasteiger partial charge in [0.15, 0.2) is 5.65 Å². The molecule has 0 aliphatic rings. The van der Waals surface area contributed by atoms with Gasteiger partial charge in [0.1, 0.15) is 5.82 Å². The molecule has 148 valence electrons. The highest BCUT2D eigenvalue weighted by Gasteiger charge is 2.20. The second kappa shape index (κ2) is 8.24. The van der Waals surface area contributed by atoms with E-state index >= 15 is 0 Å². The summed E-state index contributed by atoms with van der Waals surface area (Å²) < 4.78 is 6.65. The summed E-state index contributed by atoms with van der Waals surface area (Å²) in [6.07, 6.45) is 0. The average molecular weight is 429 g/mol. The van der Waals surface area contributed by atoms with Gasteiger partial charge in [-0.2, -0.15) is 4.98 Å². The number of fused-ring (bicyclic) bond motifs is 1. The Morgan fingerprint density at radius 1 is 1.10 bits per heavy atom. The van der Waals surface area contributed by atoms with Crippen LogP contribution in [0.15, 0.2) is 48.5 Å². The molecule has 0 saturated heterocycles. The number of nitrogens with zero attached hydrogens (tertiary/aromatic N) is 4. The molecule has 4 aromatic rings. The van der Waals surface area contributed by atoms with Crippen molar-refractivity contribution in [1.29, 1.82) is 0 Å². The van der Waals surface area contributed by atoms with Crippen LogP contribution < -0.4 is 11.1 Å². The van der Waals surface area contributed by atoms with Gasteiger partial charge in [-0.25, -0.2) is 9.67 Å². The first-order valence-corrected chi connectivity index (χ1v) is 9.64. The summed E-state index contributed by atoms with van der Waals surface area (Å²) in [5.41, 5.74) is 9.14. The van der Waals surface area contributed by atoms with Crippen LogP contribution in [0.3, 0.4) is 0 Å². The molecular weight excluding hydrogens is 411 g/mol. The van der Waals surface area contributed by atoms with E-state index in [0.717, 1.165) is 5.56 Å². The van der Waals surface area contributed by atoms with Crippen LogP contribution >= 0.6 is 23.2 Å². The number of methoxy groups -OCH3 is 1. The van der Waals surface area contributed by atoms with Gasteiger partial charge in [0.2, 0.25) is 5.95 Å². The van der Waals surface area contributed by atoms with Gasteiger partial charge in [-0.05, 0) is 18.2 Å². The molecule has 0 saturated carbocycles. The Morgan fingerprint density at radius 3 is 2.62 bits per heavy atom. The molecule has 0 fully saturated rings. The fourth-order valence-electron chi connectivity index (χ4n) is 3.00. The number of aromatic nitrogens is 4. The number of anilines is 2. The number of hydrogen-bond donors (Lipinski definition) is 2. The zero-order valence-corrected chi connectivity index (χ0v) is 17.1. The third-order valence-corrected chi connectivity index (χ3v) is 4.88. The minimum atomic E-state index is 0.395. The number of nitrogens with one attached hydrogen (secondary N) is 1. The van der Waals surface area contributed by atoms with Crippen molar-refractivity contribution in [2.75, 3.05) is 31.3 Å². The number of ether oxygens (including phenoxy) is 1. The first-order valence-electron chi connectivity index (χ1n) is 8.88. The second-order valence-corrected chi connectivity index (χ2v) is 7.12. The van der Waals surface area contributed by atoms with E-state index in [4.69, 9.17) is 33.7 Å². The third-order valence-electron chi connectivity index (χ3n) is 4.34. The largest absolute Gasteiger partial charge is 0.383 e. The van der Waals surface area contributed by atoms with Crippen molar-refractivity contribution in [3.05, 3.63) is 58.6 Å². The lowest BCUT2D eigenvalue weighted by atomic mass is 10.1. The van der Waals surface area contributed by atoms with Gasteiger partial charge in [-0.15, -0.1) is 5.10 Å². The lowest BCUT2D eigenvalue weighted by Gasteiger charge is -2.08. The van der Waals surface area contributed by atoms with Gasteiger partial charge in [-0.3, -0.25) is 0 Å².